The first kappa shape index (κ1) is 18.2. The van der Waals surface area contributed by atoms with Crippen molar-refractivity contribution in [3.8, 4) is 11.5 Å². The van der Waals surface area contributed by atoms with E-state index in [0.717, 1.165) is 48.2 Å². The van der Waals surface area contributed by atoms with E-state index >= 15 is 0 Å². The zero-order valence-electron chi connectivity index (χ0n) is 16.2. The third-order valence-electron chi connectivity index (χ3n) is 4.86. The lowest BCUT2D eigenvalue weighted by Gasteiger charge is -2.42. The molecule has 0 fully saturated rings. The molecule has 0 radical (unpaired) electrons. The largest absolute Gasteiger partial charge is 0.497 e. The van der Waals surface area contributed by atoms with Crippen LogP contribution < -0.4 is 20.1 Å². The number of ether oxygens (including phenoxy) is 2. The molecule has 0 aliphatic carbocycles. The Hall–Kier alpha value is -2.63. The standard InChI is InChI=1S/C20H28N4O2/c1-6-21-20-22-13(3)17-10-14(12-24(7-2)19(17)23-20)16-9-8-15(25-4)11-18(16)26-5/h8-9,11-12,19H,6-7,10H2,1-5H3,(H2,21,22,23). The first-order chi connectivity index (χ1) is 12.6. The number of hydrogen-bond acceptors (Lipinski definition) is 4. The first-order valence-corrected chi connectivity index (χ1v) is 9.07. The zero-order valence-corrected chi connectivity index (χ0v) is 16.2. The summed E-state index contributed by atoms with van der Waals surface area (Å²) in [7, 11) is 3.37. The Balaban J connectivity index is 2.00. The molecule has 3 rings (SSSR count). The summed E-state index contributed by atoms with van der Waals surface area (Å²) in [6, 6.07) is 5.98. The predicted octanol–water partition coefficient (Wildman–Crippen LogP) is 2.94. The first-order valence-electron chi connectivity index (χ1n) is 9.07. The molecule has 140 valence electrons. The quantitative estimate of drug-likeness (QED) is 0.849. The normalized spacial score (nSPS) is 21.0. The summed E-state index contributed by atoms with van der Waals surface area (Å²) in [5, 5.41) is 6.91. The van der Waals surface area contributed by atoms with E-state index in [4.69, 9.17) is 9.47 Å². The van der Waals surface area contributed by atoms with Crippen LogP contribution in [0.3, 0.4) is 0 Å². The van der Waals surface area contributed by atoms with Gasteiger partial charge in [-0.2, -0.15) is 0 Å². The van der Waals surface area contributed by atoms with Crippen molar-refractivity contribution in [2.45, 2.75) is 33.4 Å². The van der Waals surface area contributed by atoms with E-state index in [2.05, 4.69) is 46.6 Å². The number of guanidine groups is 1. The number of allylic oxidation sites excluding steroid dienone is 2. The second kappa shape index (κ2) is 7.72. The smallest absolute Gasteiger partial charge is 0.197 e. The molecule has 1 aromatic carbocycles. The van der Waals surface area contributed by atoms with E-state index in [0.29, 0.717) is 0 Å². The molecule has 2 heterocycles. The van der Waals surface area contributed by atoms with Gasteiger partial charge in [-0.1, -0.05) is 0 Å². The number of aliphatic imine (C=N–C) groups is 1. The summed E-state index contributed by atoms with van der Waals surface area (Å²) in [6.45, 7) is 7.97. The third kappa shape index (κ3) is 3.36. The molecular weight excluding hydrogens is 328 g/mol. The summed E-state index contributed by atoms with van der Waals surface area (Å²) in [6.07, 6.45) is 3.22. The second-order valence-corrected chi connectivity index (χ2v) is 6.37. The molecule has 6 nitrogen and oxygen atoms in total. The number of methoxy groups -OCH3 is 2. The van der Waals surface area contributed by atoms with Gasteiger partial charge in [0.25, 0.3) is 0 Å². The zero-order chi connectivity index (χ0) is 18.7. The molecule has 0 amide bonds. The number of benzene rings is 1. The Bertz CT molecular complexity index is 767. The molecule has 0 spiro atoms. The molecule has 0 aromatic heterocycles. The van der Waals surface area contributed by atoms with Crippen LogP contribution in [-0.2, 0) is 0 Å². The highest BCUT2D eigenvalue weighted by Crippen LogP contribution is 2.38. The van der Waals surface area contributed by atoms with Crippen LogP contribution in [0, 0.1) is 0 Å². The van der Waals surface area contributed by atoms with Crippen molar-refractivity contribution < 1.29 is 9.47 Å². The predicted molar refractivity (Wildman–Crippen MR) is 105 cm³/mol. The molecule has 2 aliphatic heterocycles. The van der Waals surface area contributed by atoms with Gasteiger partial charge < -0.3 is 25.0 Å². The van der Waals surface area contributed by atoms with Crippen molar-refractivity contribution in [1.29, 1.82) is 0 Å². The number of hydrogen-bond donors (Lipinski definition) is 2. The van der Waals surface area contributed by atoms with Crippen molar-refractivity contribution in [1.82, 2.24) is 15.5 Å². The molecule has 2 aliphatic rings. The van der Waals surface area contributed by atoms with Crippen LogP contribution in [-0.4, -0.2) is 44.3 Å². The van der Waals surface area contributed by atoms with E-state index in [9.17, 15) is 0 Å². The van der Waals surface area contributed by atoms with Gasteiger partial charge in [0.15, 0.2) is 5.96 Å². The van der Waals surface area contributed by atoms with Crippen molar-refractivity contribution in [2.24, 2.45) is 4.99 Å². The van der Waals surface area contributed by atoms with Crippen LogP contribution in [0.1, 0.15) is 32.8 Å². The highest BCUT2D eigenvalue weighted by atomic mass is 16.5. The maximum absolute atomic E-state index is 5.62. The SMILES string of the molecule is CCN=C1NC(C)=C2CC(c3ccc(OC)cc3OC)=CN(CC)C2N1. The lowest BCUT2D eigenvalue weighted by atomic mass is 9.91. The fraction of sp³-hybridized carbons (Fsp3) is 0.450. The maximum Gasteiger partial charge on any atom is 0.197 e. The average molecular weight is 356 g/mol. The van der Waals surface area contributed by atoms with Crippen LogP contribution in [0.4, 0.5) is 0 Å². The lowest BCUT2D eigenvalue weighted by Crippen LogP contribution is -2.56. The van der Waals surface area contributed by atoms with Gasteiger partial charge in [0, 0.05) is 43.0 Å². The van der Waals surface area contributed by atoms with E-state index in [-0.39, 0.29) is 6.17 Å². The van der Waals surface area contributed by atoms with Gasteiger partial charge in [-0.25, -0.2) is 0 Å². The molecule has 2 N–H and O–H groups in total. The molecule has 0 saturated heterocycles. The minimum absolute atomic E-state index is 0.138. The Kier molecular flexibility index (Phi) is 5.40. The van der Waals surface area contributed by atoms with Crippen molar-refractivity contribution in [3.63, 3.8) is 0 Å². The average Bonchev–Trinajstić information content (AvgIpc) is 2.67. The van der Waals surface area contributed by atoms with Crippen LogP contribution in [0.5, 0.6) is 11.5 Å². The van der Waals surface area contributed by atoms with E-state index < -0.39 is 0 Å². The molecular formula is C20H28N4O2. The lowest BCUT2D eigenvalue weighted by molar-refractivity contribution is 0.286. The molecule has 1 atom stereocenters. The Labute approximate surface area is 155 Å². The van der Waals surface area contributed by atoms with E-state index in [1.165, 1.54) is 11.1 Å². The van der Waals surface area contributed by atoms with Gasteiger partial charge in [-0.15, -0.1) is 0 Å². The minimum Gasteiger partial charge on any atom is -0.497 e. The highest BCUT2D eigenvalue weighted by molar-refractivity contribution is 5.85. The summed E-state index contributed by atoms with van der Waals surface area (Å²) in [4.78, 5) is 6.81. The Morgan fingerprint density at radius 2 is 2.04 bits per heavy atom. The van der Waals surface area contributed by atoms with Gasteiger partial charge in [0.1, 0.15) is 17.7 Å². The van der Waals surface area contributed by atoms with Crippen LogP contribution >= 0.6 is 0 Å². The Morgan fingerprint density at radius 1 is 1.23 bits per heavy atom. The van der Waals surface area contributed by atoms with Crippen LogP contribution in [0.25, 0.3) is 5.57 Å². The monoisotopic (exact) mass is 356 g/mol. The summed E-state index contributed by atoms with van der Waals surface area (Å²) in [5.41, 5.74) is 4.82. The maximum atomic E-state index is 5.62. The van der Waals surface area contributed by atoms with Gasteiger partial charge >= 0.3 is 0 Å². The topological polar surface area (TPSA) is 58.1 Å². The number of likely N-dealkylation sites (N-methyl/N-ethyl adjacent to an activating group) is 1. The molecule has 6 heteroatoms. The summed E-state index contributed by atoms with van der Waals surface area (Å²) < 4.78 is 10.9. The minimum atomic E-state index is 0.138. The number of fused-ring (bicyclic) bond motifs is 1. The molecule has 26 heavy (non-hydrogen) atoms. The van der Waals surface area contributed by atoms with Crippen molar-refractivity contribution in [2.75, 3.05) is 27.3 Å². The van der Waals surface area contributed by atoms with Gasteiger partial charge in [0.05, 0.1) is 14.2 Å². The van der Waals surface area contributed by atoms with Crippen LogP contribution in [0.2, 0.25) is 0 Å². The van der Waals surface area contributed by atoms with Crippen molar-refractivity contribution in [3.05, 3.63) is 41.2 Å². The van der Waals surface area contributed by atoms with Crippen LogP contribution in [0.15, 0.2) is 40.7 Å². The molecule has 1 aromatic rings. The molecule has 0 saturated carbocycles. The Morgan fingerprint density at radius 3 is 2.69 bits per heavy atom. The van der Waals surface area contributed by atoms with E-state index in [1.807, 2.05) is 19.1 Å². The second-order valence-electron chi connectivity index (χ2n) is 6.37. The van der Waals surface area contributed by atoms with Gasteiger partial charge in [-0.05, 0) is 44.1 Å². The fourth-order valence-electron chi connectivity index (χ4n) is 3.50. The molecule has 0 bridgehead atoms. The number of nitrogens with one attached hydrogen (secondary N) is 2. The number of rotatable bonds is 5. The van der Waals surface area contributed by atoms with Gasteiger partial charge in [-0.3, -0.25) is 4.99 Å². The third-order valence-corrected chi connectivity index (χ3v) is 4.86. The van der Waals surface area contributed by atoms with E-state index in [1.54, 1.807) is 14.2 Å². The fourth-order valence-corrected chi connectivity index (χ4v) is 3.50. The van der Waals surface area contributed by atoms with Gasteiger partial charge in [0.2, 0.25) is 0 Å². The summed E-state index contributed by atoms with van der Waals surface area (Å²) in [5.74, 6) is 2.47. The van der Waals surface area contributed by atoms with Crippen molar-refractivity contribution >= 4 is 11.5 Å². The number of nitrogens with zero attached hydrogens (tertiary/aromatic N) is 2. The highest BCUT2D eigenvalue weighted by Gasteiger charge is 2.32. The summed E-state index contributed by atoms with van der Waals surface area (Å²) >= 11 is 0. The molecule has 1 unspecified atom stereocenters.